The molecule has 0 aromatic heterocycles. The molecule has 4 bridgehead atoms. The Bertz CT molecular complexity index is 875. The standard InChI is InChI=1S/C17H21F2NO4S2/c18-16(19)25(21,22)14-1-3-15(4-2-14)26(23,24)20-17-8-11-5-12(9-17)7-13(6-11)10-17/h1-4,11-13,16,20H,5-10H2. The zero-order valence-corrected chi connectivity index (χ0v) is 15.7. The first kappa shape index (κ1) is 18.3. The smallest absolute Gasteiger partial charge is 0.218 e. The van der Waals surface area contributed by atoms with E-state index in [0.29, 0.717) is 17.8 Å². The highest BCUT2D eigenvalue weighted by Crippen LogP contribution is 2.55. The molecule has 0 aliphatic heterocycles. The van der Waals surface area contributed by atoms with Gasteiger partial charge in [-0.3, -0.25) is 0 Å². The van der Waals surface area contributed by atoms with Crippen molar-refractivity contribution in [2.75, 3.05) is 0 Å². The minimum Gasteiger partial charge on any atom is -0.218 e. The van der Waals surface area contributed by atoms with Crippen LogP contribution in [0.25, 0.3) is 0 Å². The topological polar surface area (TPSA) is 80.3 Å². The molecular weight excluding hydrogens is 384 g/mol. The number of rotatable bonds is 5. The number of nitrogens with one attached hydrogen (secondary N) is 1. The number of hydrogen-bond donors (Lipinski definition) is 1. The quantitative estimate of drug-likeness (QED) is 0.817. The Kier molecular flexibility index (Phi) is 4.20. The molecule has 0 unspecified atom stereocenters. The number of benzene rings is 1. The summed E-state index contributed by atoms with van der Waals surface area (Å²) in [6.07, 6.45) is 6.08. The third kappa shape index (κ3) is 3.07. The predicted molar refractivity (Wildman–Crippen MR) is 90.9 cm³/mol. The average molecular weight is 405 g/mol. The zero-order valence-electron chi connectivity index (χ0n) is 14.1. The van der Waals surface area contributed by atoms with Crippen LogP contribution in [0.15, 0.2) is 34.1 Å². The van der Waals surface area contributed by atoms with Crippen molar-refractivity contribution < 1.29 is 25.6 Å². The highest BCUT2D eigenvalue weighted by molar-refractivity contribution is 7.91. The largest absolute Gasteiger partial charge is 0.341 e. The van der Waals surface area contributed by atoms with E-state index in [-0.39, 0.29) is 4.90 Å². The van der Waals surface area contributed by atoms with Crippen LogP contribution in [0.2, 0.25) is 0 Å². The molecule has 0 amide bonds. The SMILES string of the molecule is O=S(=O)(NC12CC3CC(CC(C3)C1)C2)c1ccc(S(=O)(=O)C(F)F)cc1. The third-order valence-corrected chi connectivity index (χ3v) is 9.08. The summed E-state index contributed by atoms with van der Waals surface area (Å²) in [6, 6.07) is 4.02. The predicted octanol–water partition coefficient (Wildman–Crippen LogP) is 2.93. The first-order valence-electron chi connectivity index (χ1n) is 8.76. The zero-order chi connectivity index (χ0) is 18.7. The highest BCUT2D eigenvalue weighted by atomic mass is 32.2. The summed E-state index contributed by atoms with van der Waals surface area (Å²) in [4.78, 5) is -0.678. The summed E-state index contributed by atoms with van der Waals surface area (Å²) in [5, 5.41) is 0. The summed E-state index contributed by atoms with van der Waals surface area (Å²) in [7, 11) is -8.57. The molecule has 0 radical (unpaired) electrons. The van der Waals surface area contributed by atoms with Crippen molar-refractivity contribution in [3.8, 4) is 0 Å². The van der Waals surface area contributed by atoms with Crippen LogP contribution in [-0.2, 0) is 19.9 Å². The number of halogens is 2. The summed E-state index contributed by atoms with van der Waals surface area (Å²) in [5.41, 5.74) is -0.415. The number of alkyl halides is 2. The van der Waals surface area contributed by atoms with Crippen LogP contribution in [0.1, 0.15) is 38.5 Å². The first-order valence-corrected chi connectivity index (χ1v) is 11.8. The van der Waals surface area contributed by atoms with Gasteiger partial charge in [0.05, 0.1) is 9.79 Å². The maximum atomic E-state index is 12.8. The van der Waals surface area contributed by atoms with Crippen molar-refractivity contribution in [2.45, 2.75) is 59.6 Å². The molecule has 9 heteroatoms. The van der Waals surface area contributed by atoms with E-state index in [1.165, 1.54) is 19.3 Å². The average Bonchev–Trinajstić information content (AvgIpc) is 2.52. The maximum absolute atomic E-state index is 12.8. The van der Waals surface area contributed by atoms with Gasteiger partial charge in [-0.15, -0.1) is 0 Å². The molecule has 4 aliphatic carbocycles. The van der Waals surface area contributed by atoms with Crippen LogP contribution in [0.3, 0.4) is 0 Å². The van der Waals surface area contributed by atoms with Gasteiger partial charge in [-0.05, 0) is 80.5 Å². The summed E-state index contributed by atoms with van der Waals surface area (Å²) in [5.74, 6) is -1.82. The van der Waals surface area contributed by atoms with Gasteiger partial charge < -0.3 is 0 Å². The number of sulfone groups is 1. The van der Waals surface area contributed by atoms with Crippen LogP contribution in [0.5, 0.6) is 0 Å². The second-order valence-electron chi connectivity index (χ2n) is 8.08. The van der Waals surface area contributed by atoms with E-state index in [0.717, 1.165) is 43.5 Å². The monoisotopic (exact) mass is 405 g/mol. The lowest BCUT2D eigenvalue weighted by Crippen LogP contribution is -2.59. The van der Waals surface area contributed by atoms with Crippen molar-refractivity contribution >= 4 is 19.9 Å². The molecule has 0 spiro atoms. The van der Waals surface area contributed by atoms with E-state index in [2.05, 4.69) is 4.72 Å². The van der Waals surface area contributed by atoms with Crippen molar-refractivity contribution in [1.82, 2.24) is 4.72 Å². The second-order valence-corrected chi connectivity index (χ2v) is 11.7. The van der Waals surface area contributed by atoms with Gasteiger partial charge in [-0.2, -0.15) is 8.78 Å². The van der Waals surface area contributed by atoms with E-state index in [1.54, 1.807) is 0 Å². The molecule has 1 aromatic rings. The van der Waals surface area contributed by atoms with Gasteiger partial charge >= 0.3 is 5.76 Å². The lowest BCUT2D eigenvalue weighted by Gasteiger charge is -2.56. The van der Waals surface area contributed by atoms with Crippen LogP contribution >= 0.6 is 0 Å². The van der Waals surface area contributed by atoms with Crippen LogP contribution in [-0.4, -0.2) is 28.1 Å². The van der Waals surface area contributed by atoms with Crippen molar-refractivity contribution in [3.63, 3.8) is 0 Å². The molecule has 4 saturated carbocycles. The molecule has 5 nitrogen and oxygen atoms in total. The van der Waals surface area contributed by atoms with Gasteiger partial charge in [0.15, 0.2) is 0 Å². The molecule has 1 N–H and O–H groups in total. The van der Waals surface area contributed by atoms with Gasteiger partial charge in [0.25, 0.3) is 0 Å². The summed E-state index contributed by atoms with van der Waals surface area (Å²) >= 11 is 0. The van der Waals surface area contributed by atoms with Gasteiger partial charge in [0.2, 0.25) is 19.9 Å². The van der Waals surface area contributed by atoms with E-state index in [9.17, 15) is 25.6 Å². The normalized spacial score (nSPS) is 33.7. The third-order valence-electron chi connectivity index (χ3n) is 6.09. The molecule has 5 rings (SSSR count). The van der Waals surface area contributed by atoms with E-state index in [1.807, 2.05) is 0 Å². The summed E-state index contributed by atoms with van der Waals surface area (Å²) in [6.45, 7) is 0. The molecular formula is C17H21F2NO4S2. The maximum Gasteiger partial charge on any atom is 0.341 e. The number of sulfonamides is 1. The van der Waals surface area contributed by atoms with Gasteiger partial charge in [-0.25, -0.2) is 21.6 Å². The Labute approximate surface area is 152 Å². The van der Waals surface area contributed by atoms with E-state index >= 15 is 0 Å². The number of hydrogen-bond acceptors (Lipinski definition) is 4. The van der Waals surface area contributed by atoms with Crippen molar-refractivity contribution in [1.29, 1.82) is 0 Å². The molecule has 26 heavy (non-hydrogen) atoms. The fourth-order valence-electron chi connectivity index (χ4n) is 5.49. The van der Waals surface area contributed by atoms with Gasteiger partial charge in [0, 0.05) is 5.54 Å². The van der Waals surface area contributed by atoms with Crippen LogP contribution in [0.4, 0.5) is 8.78 Å². The molecule has 0 heterocycles. The fourth-order valence-corrected chi connectivity index (χ4v) is 7.64. The molecule has 4 fully saturated rings. The van der Waals surface area contributed by atoms with Crippen molar-refractivity contribution in [2.24, 2.45) is 17.8 Å². The molecule has 4 aliphatic rings. The molecule has 0 atom stereocenters. The van der Waals surface area contributed by atoms with Crippen LogP contribution < -0.4 is 4.72 Å². The Morgan fingerprint density at radius 2 is 1.27 bits per heavy atom. The van der Waals surface area contributed by atoms with Gasteiger partial charge in [-0.1, -0.05) is 0 Å². The molecule has 1 aromatic carbocycles. The lowest BCUT2D eigenvalue weighted by molar-refractivity contribution is -0.00810. The van der Waals surface area contributed by atoms with Crippen LogP contribution in [0, 0.1) is 17.8 Å². The molecule has 0 saturated heterocycles. The second kappa shape index (κ2) is 5.97. The fraction of sp³-hybridized carbons (Fsp3) is 0.647. The summed E-state index contributed by atoms with van der Waals surface area (Å²) < 4.78 is 76.6. The van der Waals surface area contributed by atoms with Crippen molar-refractivity contribution in [3.05, 3.63) is 24.3 Å². The van der Waals surface area contributed by atoms with Gasteiger partial charge in [0.1, 0.15) is 0 Å². The first-order chi connectivity index (χ1) is 12.1. The minimum absolute atomic E-state index is 0.0959. The van der Waals surface area contributed by atoms with E-state index < -0.39 is 36.1 Å². The molecule has 144 valence electrons. The Balaban J connectivity index is 1.58. The minimum atomic E-state index is -4.73. The lowest BCUT2D eigenvalue weighted by atomic mass is 9.53. The highest BCUT2D eigenvalue weighted by Gasteiger charge is 2.52. The van der Waals surface area contributed by atoms with E-state index in [4.69, 9.17) is 0 Å². The Morgan fingerprint density at radius 3 is 1.69 bits per heavy atom. The Hall–Kier alpha value is -1.06. The Morgan fingerprint density at radius 1 is 0.846 bits per heavy atom.